The topological polar surface area (TPSA) is 66.2 Å². The molecule has 1 heterocycles. The van der Waals surface area contributed by atoms with Gasteiger partial charge in [-0.3, -0.25) is 0 Å². The molecule has 2 N–H and O–H groups in total. The molecule has 12 heavy (non-hydrogen) atoms. The van der Waals surface area contributed by atoms with E-state index in [2.05, 4.69) is 9.97 Å². The Hall–Kier alpha value is -0.585. The molecule has 0 bridgehead atoms. The number of thioether (sulfide) groups is 1. The van der Waals surface area contributed by atoms with Gasteiger partial charge in [-0.05, 0) is 13.2 Å². The van der Waals surface area contributed by atoms with Crippen LogP contribution in [0.4, 0.5) is 0 Å². The molecule has 0 aromatic carbocycles. The Bertz CT molecular complexity index is 282. The van der Waals surface area contributed by atoms with Crippen molar-refractivity contribution in [2.75, 3.05) is 6.26 Å². The predicted octanol–water partition coefficient (Wildman–Crippen LogP) is -0.813. The minimum absolute atomic E-state index is 0.394. The zero-order valence-corrected chi connectivity index (χ0v) is 7.67. The van der Waals surface area contributed by atoms with Crippen molar-refractivity contribution in [1.82, 2.24) is 9.97 Å². The zero-order chi connectivity index (χ0) is 9.14. The van der Waals surface area contributed by atoms with E-state index in [1.165, 1.54) is 18.1 Å². The normalized spacial score (nSPS) is 10.0. The average molecular weight is 184 g/mol. The summed E-state index contributed by atoms with van der Waals surface area (Å²) in [6, 6.07) is 0. The highest BCUT2D eigenvalue weighted by atomic mass is 32.2. The van der Waals surface area contributed by atoms with E-state index in [4.69, 9.17) is 10.0 Å². The highest BCUT2D eigenvalue weighted by Crippen LogP contribution is 2.08. The Labute approximate surface area is 75.2 Å². The molecule has 0 saturated carbocycles. The summed E-state index contributed by atoms with van der Waals surface area (Å²) in [4.78, 5) is 7.78. The summed E-state index contributed by atoms with van der Waals surface area (Å²) in [5, 5.41) is 18.6. The molecular formula is C6H9BN2O2S. The van der Waals surface area contributed by atoms with Crippen LogP contribution in [0.25, 0.3) is 0 Å². The Morgan fingerprint density at radius 2 is 2.08 bits per heavy atom. The molecule has 1 rings (SSSR count). The lowest BCUT2D eigenvalue weighted by Gasteiger charge is -2.06. The second-order valence-electron chi connectivity index (χ2n) is 2.26. The van der Waals surface area contributed by atoms with E-state index < -0.39 is 7.12 Å². The maximum absolute atomic E-state index is 8.98. The molecule has 1 aromatic rings. The maximum Gasteiger partial charge on any atom is 0.493 e. The first kappa shape index (κ1) is 9.50. The molecule has 0 fully saturated rings. The second kappa shape index (κ2) is 3.89. The van der Waals surface area contributed by atoms with Crippen LogP contribution < -0.4 is 5.46 Å². The van der Waals surface area contributed by atoms with Crippen molar-refractivity contribution in [3.63, 3.8) is 0 Å². The number of aryl methyl sites for hydroxylation is 1. The number of aromatic nitrogens is 2. The van der Waals surface area contributed by atoms with Gasteiger partial charge in [0.15, 0.2) is 0 Å². The van der Waals surface area contributed by atoms with Gasteiger partial charge in [0.2, 0.25) is 0 Å². The first-order valence-corrected chi connectivity index (χ1v) is 4.61. The summed E-state index contributed by atoms with van der Waals surface area (Å²) in [5.41, 5.74) is 0.995. The summed E-state index contributed by atoms with van der Waals surface area (Å²) < 4.78 is 0. The third-order valence-electron chi connectivity index (χ3n) is 1.50. The molecule has 6 heteroatoms. The van der Waals surface area contributed by atoms with Crippen molar-refractivity contribution in [2.45, 2.75) is 11.9 Å². The fourth-order valence-electron chi connectivity index (χ4n) is 0.922. The van der Waals surface area contributed by atoms with Crippen LogP contribution in [0.1, 0.15) is 5.69 Å². The lowest BCUT2D eigenvalue weighted by atomic mass is 9.80. The lowest BCUT2D eigenvalue weighted by Crippen LogP contribution is -2.35. The first-order chi connectivity index (χ1) is 5.66. The van der Waals surface area contributed by atoms with Crippen LogP contribution in [-0.2, 0) is 0 Å². The van der Waals surface area contributed by atoms with E-state index in [0.29, 0.717) is 16.2 Å². The van der Waals surface area contributed by atoms with Gasteiger partial charge in [0, 0.05) is 11.2 Å². The van der Waals surface area contributed by atoms with Gasteiger partial charge in [0.05, 0.1) is 5.03 Å². The predicted molar refractivity (Wildman–Crippen MR) is 48.4 cm³/mol. The van der Waals surface area contributed by atoms with Crippen LogP contribution in [0.3, 0.4) is 0 Å². The minimum atomic E-state index is -1.49. The highest BCUT2D eigenvalue weighted by Gasteiger charge is 2.19. The van der Waals surface area contributed by atoms with Crippen LogP contribution >= 0.6 is 11.8 Å². The van der Waals surface area contributed by atoms with Crippen molar-refractivity contribution >= 4 is 24.3 Å². The number of nitrogens with zero attached hydrogens (tertiary/aromatic N) is 2. The van der Waals surface area contributed by atoms with Gasteiger partial charge >= 0.3 is 7.12 Å². The van der Waals surface area contributed by atoms with E-state index >= 15 is 0 Å². The molecule has 0 atom stereocenters. The fourth-order valence-corrected chi connectivity index (χ4v) is 1.55. The van der Waals surface area contributed by atoms with Gasteiger partial charge in [-0.25, -0.2) is 9.97 Å². The third-order valence-corrected chi connectivity index (χ3v) is 2.21. The minimum Gasteiger partial charge on any atom is -0.423 e. The van der Waals surface area contributed by atoms with Gasteiger partial charge in [0.25, 0.3) is 0 Å². The number of hydrogen-bond donors (Lipinski definition) is 2. The average Bonchev–Trinajstić information content (AvgIpc) is 2.03. The second-order valence-corrected chi connectivity index (χ2v) is 3.05. The lowest BCUT2D eigenvalue weighted by molar-refractivity contribution is 0.424. The molecule has 0 amide bonds. The standard InChI is InChI=1S/C6H9BN2O2S/c1-4-5(7(10)11)6(12-2)9-3-8-4/h3,10-11H,1-2H3. The van der Waals surface area contributed by atoms with Crippen LogP contribution in [0.2, 0.25) is 0 Å². The van der Waals surface area contributed by atoms with Crippen LogP contribution in [0.5, 0.6) is 0 Å². The molecule has 0 aliphatic rings. The third kappa shape index (κ3) is 1.77. The van der Waals surface area contributed by atoms with Gasteiger partial charge in [-0.15, -0.1) is 11.8 Å². The van der Waals surface area contributed by atoms with Gasteiger partial charge in [-0.1, -0.05) is 0 Å². The summed E-state index contributed by atoms with van der Waals surface area (Å²) in [6.07, 6.45) is 3.24. The van der Waals surface area contributed by atoms with Crippen molar-refractivity contribution in [3.05, 3.63) is 12.0 Å². The summed E-state index contributed by atoms with van der Waals surface area (Å²) in [6.45, 7) is 1.72. The molecule has 0 aliphatic heterocycles. The Balaban J connectivity index is 3.20. The molecule has 0 saturated heterocycles. The van der Waals surface area contributed by atoms with Crippen molar-refractivity contribution in [3.8, 4) is 0 Å². The van der Waals surface area contributed by atoms with Crippen molar-refractivity contribution < 1.29 is 10.0 Å². The van der Waals surface area contributed by atoms with Gasteiger partial charge < -0.3 is 10.0 Å². The van der Waals surface area contributed by atoms with Gasteiger partial charge in [0.1, 0.15) is 6.33 Å². The van der Waals surface area contributed by atoms with E-state index in [9.17, 15) is 0 Å². The first-order valence-electron chi connectivity index (χ1n) is 3.38. The monoisotopic (exact) mass is 184 g/mol. The summed E-state index contributed by atoms with van der Waals surface area (Å²) in [7, 11) is -1.49. The van der Waals surface area contributed by atoms with Gasteiger partial charge in [-0.2, -0.15) is 0 Å². The molecule has 0 unspecified atom stereocenters. The van der Waals surface area contributed by atoms with E-state index in [1.807, 2.05) is 6.26 Å². The van der Waals surface area contributed by atoms with E-state index in [0.717, 1.165) is 0 Å². The SMILES string of the molecule is CSc1ncnc(C)c1B(O)O. The Kier molecular flexibility index (Phi) is 3.08. The smallest absolute Gasteiger partial charge is 0.423 e. The van der Waals surface area contributed by atoms with E-state index in [-0.39, 0.29) is 0 Å². The van der Waals surface area contributed by atoms with Crippen LogP contribution in [0, 0.1) is 6.92 Å². The molecule has 0 aliphatic carbocycles. The molecule has 1 aromatic heterocycles. The van der Waals surface area contributed by atoms with Crippen LogP contribution in [-0.4, -0.2) is 33.4 Å². The Morgan fingerprint density at radius 3 is 2.50 bits per heavy atom. The molecule has 0 spiro atoms. The molecular weight excluding hydrogens is 175 g/mol. The number of rotatable bonds is 2. The van der Waals surface area contributed by atoms with Crippen LogP contribution in [0.15, 0.2) is 11.4 Å². The summed E-state index contributed by atoms with van der Waals surface area (Å²) >= 11 is 1.37. The Morgan fingerprint density at radius 1 is 1.42 bits per heavy atom. The van der Waals surface area contributed by atoms with E-state index in [1.54, 1.807) is 6.92 Å². The molecule has 64 valence electrons. The maximum atomic E-state index is 8.98. The van der Waals surface area contributed by atoms with Crippen molar-refractivity contribution in [2.24, 2.45) is 0 Å². The molecule has 4 nitrogen and oxygen atoms in total. The quantitative estimate of drug-likeness (QED) is 0.357. The largest absolute Gasteiger partial charge is 0.493 e. The summed E-state index contributed by atoms with van der Waals surface area (Å²) in [5.74, 6) is 0. The fraction of sp³-hybridized carbons (Fsp3) is 0.333. The zero-order valence-electron chi connectivity index (χ0n) is 6.85. The number of hydrogen-bond acceptors (Lipinski definition) is 5. The molecule has 0 radical (unpaired) electrons. The van der Waals surface area contributed by atoms with Crippen molar-refractivity contribution in [1.29, 1.82) is 0 Å². The highest BCUT2D eigenvalue weighted by molar-refractivity contribution is 7.98.